The molecule has 1 aromatic heterocycles. The van der Waals surface area contributed by atoms with Gasteiger partial charge in [-0.3, -0.25) is 9.59 Å². The van der Waals surface area contributed by atoms with Crippen LogP contribution in [0, 0.1) is 0 Å². The molecule has 0 aromatic carbocycles. The number of pyridine rings is 1. The van der Waals surface area contributed by atoms with E-state index in [9.17, 15) is 22.8 Å². The first-order valence-corrected chi connectivity index (χ1v) is 8.07. The number of anilines is 1. The number of nitrogens with one attached hydrogen (secondary N) is 1. The minimum absolute atomic E-state index is 0.217. The van der Waals surface area contributed by atoms with E-state index < -0.39 is 40.6 Å². The number of amides is 1. The van der Waals surface area contributed by atoms with Gasteiger partial charge in [-0.15, -0.1) is 11.8 Å². The van der Waals surface area contributed by atoms with Crippen LogP contribution in [0.5, 0.6) is 5.88 Å². The summed E-state index contributed by atoms with van der Waals surface area (Å²) < 4.78 is 44.0. The molecule has 6 nitrogen and oxygen atoms in total. The molecule has 0 aliphatic carbocycles. The second-order valence-electron chi connectivity index (χ2n) is 4.77. The van der Waals surface area contributed by atoms with Crippen LogP contribution >= 0.6 is 23.4 Å². The van der Waals surface area contributed by atoms with E-state index in [1.54, 1.807) is 0 Å². The first-order chi connectivity index (χ1) is 11.0. The number of carbonyl (C=O) groups is 2. The fraction of sp³-hybridized carbons (Fsp3) is 0.462. The Morgan fingerprint density at radius 2 is 2.04 bits per heavy atom. The summed E-state index contributed by atoms with van der Waals surface area (Å²) in [4.78, 5) is 25.7. The summed E-state index contributed by atoms with van der Waals surface area (Å²) in [6, 6.07) is 0.617. The molecule has 0 saturated heterocycles. The molecule has 2 N–H and O–H groups in total. The molecule has 0 aliphatic heterocycles. The Kier molecular flexibility index (Phi) is 7.15. The number of carboxylic acids is 1. The van der Waals surface area contributed by atoms with Crippen LogP contribution in [-0.4, -0.2) is 39.6 Å². The highest BCUT2D eigenvalue weighted by atomic mass is 35.5. The number of halogens is 4. The summed E-state index contributed by atoms with van der Waals surface area (Å²) in [7, 11) is 0. The average molecular weight is 387 g/mol. The molecule has 0 bridgehead atoms. The molecule has 0 fully saturated rings. The number of carboxylic acid groups (broad SMARTS) is 1. The van der Waals surface area contributed by atoms with Crippen molar-refractivity contribution < 1.29 is 32.6 Å². The van der Waals surface area contributed by atoms with Gasteiger partial charge in [0.1, 0.15) is 5.56 Å². The zero-order chi connectivity index (χ0) is 18.5. The maximum Gasteiger partial charge on any atom is 0.421 e. The van der Waals surface area contributed by atoms with Gasteiger partial charge in [-0.05, 0) is 19.9 Å². The minimum Gasteiger partial charge on any atom is -0.481 e. The summed E-state index contributed by atoms with van der Waals surface area (Å²) in [5, 5.41) is 10.3. The van der Waals surface area contributed by atoms with E-state index in [0.29, 0.717) is 6.07 Å². The Labute approximate surface area is 144 Å². The minimum atomic E-state index is -4.72. The van der Waals surface area contributed by atoms with Gasteiger partial charge < -0.3 is 15.2 Å². The van der Waals surface area contributed by atoms with Crippen molar-refractivity contribution in [3.05, 3.63) is 16.7 Å². The molecule has 0 saturated carbocycles. The quantitative estimate of drug-likeness (QED) is 0.747. The van der Waals surface area contributed by atoms with Gasteiger partial charge in [0, 0.05) is 0 Å². The van der Waals surface area contributed by atoms with Crippen molar-refractivity contribution in [1.82, 2.24) is 4.98 Å². The second kappa shape index (κ2) is 8.43. The van der Waals surface area contributed by atoms with Gasteiger partial charge >= 0.3 is 12.1 Å². The predicted octanol–water partition coefficient (Wildman–Crippen LogP) is 3.30. The van der Waals surface area contributed by atoms with Gasteiger partial charge in [0.05, 0.1) is 22.6 Å². The number of hydrogen-bond acceptors (Lipinski definition) is 5. The SMILES string of the molecule is CC(C)Oc1nc(NC(=O)CSCC(=O)O)c(Cl)cc1C(F)(F)F. The lowest BCUT2D eigenvalue weighted by Crippen LogP contribution is -2.19. The average Bonchev–Trinajstić information content (AvgIpc) is 2.39. The number of hydrogen-bond donors (Lipinski definition) is 2. The van der Waals surface area contributed by atoms with Crippen molar-refractivity contribution in [3.63, 3.8) is 0 Å². The lowest BCUT2D eigenvalue weighted by Gasteiger charge is -2.17. The highest BCUT2D eigenvalue weighted by Crippen LogP contribution is 2.39. The van der Waals surface area contributed by atoms with Crippen molar-refractivity contribution in [2.45, 2.75) is 26.1 Å². The van der Waals surface area contributed by atoms with Crippen LogP contribution in [0.15, 0.2) is 6.07 Å². The van der Waals surface area contributed by atoms with E-state index in [1.807, 2.05) is 0 Å². The van der Waals surface area contributed by atoms with Crippen LogP contribution in [0.4, 0.5) is 19.0 Å². The number of nitrogens with zero attached hydrogens (tertiary/aromatic N) is 1. The van der Waals surface area contributed by atoms with Crippen LogP contribution in [0.3, 0.4) is 0 Å². The predicted molar refractivity (Wildman–Crippen MR) is 83.6 cm³/mol. The van der Waals surface area contributed by atoms with Gasteiger partial charge in [0.15, 0.2) is 5.82 Å². The van der Waals surface area contributed by atoms with Gasteiger partial charge in [-0.1, -0.05) is 11.6 Å². The van der Waals surface area contributed by atoms with E-state index in [2.05, 4.69) is 10.3 Å². The molecule has 0 radical (unpaired) electrons. The summed E-state index contributed by atoms with van der Waals surface area (Å²) in [6.45, 7) is 3.05. The van der Waals surface area contributed by atoms with E-state index >= 15 is 0 Å². The monoisotopic (exact) mass is 386 g/mol. The van der Waals surface area contributed by atoms with E-state index in [1.165, 1.54) is 13.8 Å². The zero-order valence-corrected chi connectivity index (χ0v) is 14.2. The Balaban J connectivity index is 2.99. The fourth-order valence-corrected chi connectivity index (χ4v) is 2.21. The number of ether oxygens (including phenoxy) is 1. The van der Waals surface area contributed by atoms with Crippen molar-refractivity contribution in [3.8, 4) is 5.88 Å². The topological polar surface area (TPSA) is 88.5 Å². The molecular formula is C13H14ClF3N2O4S. The summed E-state index contributed by atoms with van der Waals surface area (Å²) in [5.74, 6) is -3.23. The first kappa shape index (κ1) is 20.4. The van der Waals surface area contributed by atoms with Crippen LogP contribution in [-0.2, 0) is 15.8 Å². The molecule has 11 heteroatoms. The number of alkyl halides is 3. The van der Waals surface area contributed by atoms with Gasteiger partial charge in [0.25, 0.3) is 0 Å². The third-order valence-electron chi connectivity index (χ3n) is 2.31. The standard InChI is InChI=1S/C13H14ClF3N2O4S/c1-6(2)23-12-7(13(15,16)17)3-8(14)11(19-12)18-9(20)4-24-5-10(21)22/h3,6H,4-5H2,1-2H3,(H,21,22)(H,18,19,20). The largest absolute Gasteiger partial charge is 0.481 e. The summed E-state index contributed by atoms with van der Waals surface area (Å²) in [6.07, 6.45) is -5.30. The van der Waals surface area contributed by atoms with Gasteiger partial charge in [-0.2, -0.15) is 18.2 Å². The highest BCUT2D eigenvalue weighted by Gasteiger charge is 2.37. The van der Waals surface area contributed by atoms with Crippen LogP contribution in [0.25, 0.3) is 0 Å². The Bertz CT molecular complexity index is 626. The van der Waals surface area contributed by atoms with E-state index in [0.717, 1.165) is 11.8 Å². The molecule has 1 rings (SSSR count). The summed E-state index contributed by atoms with van der Waals surface area (Å²) in [5.41, 5.74) is -1.15. The second-order valence-corrected chi connectivity index (χ2v) is 6.16. The van der Waals surface area contributed by atoms with Gasteiger partial charge in [-0.25, -0.2) is 0 Å². The van der Waals surface area contributed by atoms with Crippen molar-refractivity contribution in [2.24, 2.45) is 0 Å². The van der Waals surface area contributed by atoms with Crippen molar-refractivity contribution in [2.75, 3.05) is 16.8 Å². The van der Waals surface area contributed by atoms with E-state index in [4.69, 9.17) is 21.4 Å². The maximum absolute atomic E-state index is 13.0. The third kappa shape index (κ3) is 6.44. The molecule has 1 amide bonds. The number of aromatic nitrogens is 1. The zero-order valence-electron chi connectivity index (χ0n) is 12.6. The molecule has 0 aliphatic rings. The normalized spacial score (nSPS) is 11.5. The molecule has 1 aromatic rings. The molecule has 24 heavy (non-hydrogen) atoms. The first-order valence-electron chi connectivity index (χ1n) is 6.54. The van der Waals surface area contributed by atoms with Crippen molar-refractivity contribution in [1.29, 1.82) is 0 Å². The lowest BCUT2D eigenvalue weighted by atomic mass is 10.2. The molecule has 0 unspecified atom stereocenters. The number of thioether (sulfide) groups is 1. The lowest BCUT2D eigenvalue weighted by molar-refractivity contribution is -0.139. The molecule has 0 atom stereocenters. The smallest absolute Gasteiger partial charge is 0.421 e. The molecule has 1 heterocycles. The molecule has 0 spiro atoms. The number of rotatable bonds is 7. The molecular weight excluding hydrogens is 373 g/mol. The van der Waals surface area contributed by atoms with Crippen LogP contribution in [0.1, 0.15) is 19.4 Å². The Morgan fingerprint density at radius 1 is 1.42 bits per heavy atom. The maximum atomic E-state index is 13.0. The Morgan fingerprint density at radius 3 is 2.54 bits per heavy atom. The number of carbonyl (C=O) groups excluding carboxylic acids is 1. The van der Waals surface area contributed by atoms with Gasteiger partial charge in [0.2, 0.25) is 11.8 Å². The number of aliphatic carboxylic acids is 1. The Hall–Kier alpha value is -1.68. The molecule has 134 valence electrons. The third-order valence-corrected chi connectivity index (χ3v) is 3.52. The van der Waals surface area contributed by atoms with Crippen molar-refractivity contribution >= 4 is 41.1 Å². The summed E-state index contributed by atoms with van der Waals surface area (Å²) >= 11 is 6.56. The van der Waals surface area contributed by atoms with Crippen LogP contribution < -0.4 is 10.1 Å². The highest BCUT2D eigenvalue weighted by molar-refractivity contribution is 8.00. The fourth-order valence-electron chi connectivity index (χ4n) is 1.48. The van der Waals surface area contributed by atoms with E-state index in [-0.39, 0.29) is 17.3 Å². The van der Waals surface area contributed by atoms with Crippen LogP contribution in [0.2, 0.25) is 5.02 Å².